The minimum absolute atomic E-state index is 0.341. The molecule has 0 amide bonds. The van der Waals surface area contributed by atoms with Crippen molar-refractivity contribution in [2.75, 3.05) is 0 Å². The highest BCUT2D eigenvalue weighted by molar-refractivity contribution is 6.35. The van der Waals surface area contributed by atoms with Gasteiger partial charge in [-0.05, 0) is 28.1 Å². The predicted molar refractivity (Wildman–Crippen MR) is 65.9 cm³/mol. The van der Waals surface area contributed by atoms with Crippen molar-refractivity contribution in [3.05, 3.63) is 39.6 Å². The summed E-state index contributed by atoms with van der Waals surface area (Å²) in [5.41, 5.74) is 0.907. The predicted octanol–water partition coefficient (Wildman–Crippen LogP) is 2.20. The normalized spacial score (nSPS) is 10.2. The number of halogens is 2. The Morgan fingerprint density at radius 1 is 1.35 bits per heavy atom. The second-order valence-electron chi connectivity index (χ2n) is 3.37. The Labute approximate surface area is 109 Å². The van der Waals surface area contributed by atoms with Gasteiger partial charge >= 0.3 is 0 Å². The van der Waals surface area contributed by atoms with Gasteiger partial charge in [-0.25, -0.2) is 4.68 Å². The lowest BCUT2D eigenvalue weighted by Gasteiger charge is -2.04. The van der Waals surface area contributed by atoms with Crippen LogP contribution < -0.4 is 0 Å². The first-order valence-corrected chi connectivity index (χ1v) is 5.58. The number of nitrogens with zero attached hydrogens (tertiary/aromatic N) is 4. The van der Waals surface area contributed by atoms with Gasteiger partial charge in [0.2, 0.25) is 0 Å². The maximum Gasteiger partial charge on any atom is 0.156 e. The Bertz CT molecular complexity index is 571. The average molecular weight is 267 g/mol. The fraction of sp³-hybridized carbons (Fsp3) is 0.182. The summed E-state index contributed by atoms with van der Waals surface area (Å²) in [4.78, 5) is 0. The van der Waals surface area contributed by atoms with Crippen LogP contribution in [-0.2, 0) is 13.0 Å². The second-order valence-corrected chi connectivity index (χ2v) is 4.21. The monoisotopic (exact) mass is 266 g/mol. The number of aromatic nitrogens is 4. The first-order valence-electron chi connectivity index (χ1n) is 4.83. The lowest BCUT2D eigenvalue weighted by atomic mass is 10.1. The van der Waals surface area contributed by atoms with Crippen molar-refractivity contribution in [1.82, 2.24) is 20.2 Å². The summed E-state index contributed by atoms with van der Waals surface area (Å²) in [7, 11) is 0. The molecule has 86 valence electrons. The van der Waals surface area contributed by atoms with Gasteiger partial charge < -0.3 is 0 Å². The first-order chi connectivity index (χ1) is 8.20. The Balaban J connectivity index is 2.26. The summed E-state index contributed by atoms with van der Waals surface area (Å²) in [6, 6.07) is 5.31. The van der Waals surface area contributed by atoms with E-state index in [1.807, 2.05) is 6.07 Å². The molecule has 0 saturated carbocycles. The van der Waals surface area contributed by atoms with Crippen LogP contribution in [0.25, 0.3) is 0 Å². The van der Waals surface area contributed by atoms with E-state index in [2.05, 4.69) is 21.4 Å². The fourth-order valence-corrected chi connectivity index (χ4v) is 1.87. The molecule has 1 aromatic heterocycles. The van der Waals surface area contributed by atoms with Crippen molar-refractivity contribution in [3.63, 3.8) is 0 Å². The van der Waals surface area contributed by atoms with Gasteiger partial charge in [0.05, 0.1) is 0 Å². The van der Waals surface area contributed by atoms with E-state index in [9.17, 15) is 0 Å². The molecular formula is C11H8Cl2N4. The number of rotatable bonds is 3. The van der Waals surface area contributed by atoms with E-state index < -0.39 is 0 Å². The van der Waals surface area contributed by atoms with Crippen molar-refractivity contribution >= 4 is 23.2 Å². The average Bonchev–Trinajstić information content (AvgIpc) is 2.71. The van der Waals surface area contributed by atoms with Crippen LogP contribution in [0.2, 0.25) is 10.0 Å². The molecule has 0 radical (unpaired) electrons. The van der Waals surface area contributed by atoms with Crippen molar-refractivity contribution in [3.8, 4) is 12.3 Å². The third kappa shape index (κ3) is 2.76. The quantitative estimate of drug-likeness (QED) is 0.801. The molecule has 4 nitrogen and oxygen atoms in total. The molecule has 0 unspecified atom stereocenters. The third-order valence-electron chi connectivity index (χ3n) is 2.21. The summed E-state index contributed by atoms with van der Waals surface area (Å²) in [5, 5.41) is 12.5. The van der Waals surface area contributed by atoms with Crippen LogP contribution >= 0.6 is 23.2 Å². The molecule has 0 spiro atoms. The molecular weight excluding hydrogens is 259 g/mol. The standard InChI is InChI=1S/C11H8Cl2N4/c1-2-5-17-11(14-15-16-17)6-8-3-4-9(12)7-10(8)13/h1,3-4,7H,5-6H2. The van der Waals surface area contributed by atoms with E-state index in [-0.39, 0.29) is 0 Å². The minimum Gasteiger partial charge on any atom is -0.217 e. The topological polar surface area (TPSA) is 43.6 Å². The zero-order valence-corrected chi connectivity index (χ0v) is 10.3. The van der Waals surface area contributed by atoms with E-state index in [1.165, 1.54) is 0 Å². The van der Waals surface area contributed by atoms with Crippen LogP contribution in [0, 0.1) is 12.3 Å². The van der Waals surface area contributed by atoms with E-state index >= 15 is 0 Å². The number of hydrogen-bond donors (Lipinski definition) is 0. The van der Waals surface area contributed by atoms with Gasteiger partial charge in [-0.3, -0.25) is 0 Å². The number of benzene rings is 1. The molecule has 0 fully saturated rings. The lowest BCUT2D eigenvalue weighted by Crippen LogP contribution is -2.05. The van der Waals surface area contributed by atoms with Crippen molar-refractivity contribution in [2.24, 2.45) is 0 Å². The molecule has 0 aliphatic carbocycles. The molecule has 0 aliphatic rings. The summed E-state index contributed by atoms with van der Waals surface area (Å²) in [5.74, 6) is 3.16. The van der Waals surface area contributed by atoms with Gasteiger partial charge in [0.15, 0.2) is 5.82 Å². The first kappa shape index (κ1) is 11.9. The fourth-order valence-electron chi connectivity index (χ4n) is 1.39. The van der Waals surface area contributed by atoms with Crippen LogP contribution in [0.5, 0.6) is 0 Å². The summed E-state index contributed by atoms with van der Waals surface area (Å²) < 4.78 is 1.56. The Morgan fingerprint density at radius 2 is 2.18 bits per heavy atom. The minimum atomic E-state index is 0.341. The number of terminal acetylenes is 1. The zero-order chi connectivity index (χ0) is 12.3. The van der Waals surface area contributed by atoms with Gasteiger partial charge in [-0.2, -0.15) is 0 Å². The molecule has 1 heterocycles. The highest BCUT2D eigenvalue weighted by Gasteiger charge is 2.09. The van der Waals surface area contributed by atoms with Gasteiger partial charge in [0.25, 0.3) is 0 Å². The zero-order valence-electron chi connectivity index (χ0n) is 8.77. The largest absolute Gasteiger partial charge is 0.217 e. The van der Waals surface area contributed by atoms with E-state index in [0.29, 0.717) is 28.8 Å². The summed E-state index contributed by atoms with van der Waals surface area (Å²) in [6.07, 6.45) is 5.74. The van der Waals surface area contributed by atoms with Gasteiger partial charge in [0.1, 0.15) is 6.54 Å². The van der Waals surface area contributed by atoms with E-state index in [4.69, 9.17) is 29.6 Å². The van der Waals surface area contributed by atoms with Crippen molar-refractivity contribution < 1.29 is 0 Å². The molecule has 0 saturated heterocycles. The SMILES string of the molecule is C#CCn1nnnc1Cc1ccc(Cl)cc1Cl. The van der Waals surface area contributed by atoms with E-state index in [1.54, 1.807) is 16.8 Å². The van der Waals surface area contributed by atoms with Crippen LogP contribution in [0.15, 0.2) is 18.2 Å². The van der Waals surface area contributed by atoms with E-state index in [0.717, 1.165) is 5.56 Å². The Morgan fingerprint density at radius 3 is 2.88 bits per heavy atom. The second kappa shape index (κ2) is 5.17. The van der Waals surface area contributed by atoms with Crippen LogP contribution in [-0.4, -0.2) is 20.2 Å². The highest BCUT2D eigenvalue weighted by atomic mass is 35.5. The van der Waals surface area contributed by atoms with Crippen LogP contribution in [0.4, 0.5) is 0 Å². The Kier molecular flexibility index (Phi) is 3.62. The summed E-state index contributed by atoms with van der Waals surface area (Å²) in [6.45, 7) is 0.341. The molecule has 17 heavy (non-hydrogen) atoms. The summed E-state index contributed by atoms with van der Waals surface area (Å²) >= 11 is 11.9. The number of hydrogen-bond acceptors (Lipinski definition) is 3. The maximum atomic E-state index is 6.07. The van der Waals surface area contributed by atoms with Crippen LogP contribution in [0.1, 0.15) is 11.4 Å². The third-order valence-corrected chi connectivity index (χ3v) is 2.80. The lowest BCUT2D eigenvalue weighted by molar-refractivity contribution is 0.646. The van der Waals surface area contributed by atoms with Crippen LogP contribution in [0.3, 0.4) is 0 Å². The smallest absolute Gasteiger partial charge is 0.156 e. The van der Waals surface area contributed by atoms with Crippen molar-refractivity contribution in [2.45, 2.75) is 13.0 Å². The molecule has 0 bridgehead atoms. The molecule has 0 aliphatic heterocycles. The maximum absolute atomic E-state index is 6.07. The highest BCUT2D eigenvalue weighted by Crippen LogP contribution is 2.22. The Hall–Kier alpha value is -1.57. The van der Waals surface area contributed by atoms with Gasteiger partial charge in [-0.1, -0.05) is 35.2 Å². The van der Waals surface area contributed by atoms with Gasteiger partial charge in [0, 0.05) is 16.5 Å². The molecule has 2 rings (SSSR count). The molecule has 2 aromatic rings. The molecule has 6 heteroatoms. The van der Waals surface area contributed by atoms with Gasteiger partial charge in [-0.15, -0.1) is 11.5 Å². The molecule has 0 atom stereocenters. The number of tetrazole rings is 1. The molecule has 1 aromatic carbocycles. The molecule has 0 N–H and O–H groups in total. The van der Waals surface area contributed by atoms with Crippen molar-refractivity contribution in [1.29, 1.82) is 0 Å².